The topological polar surface area (TPSA) is 21.3 Å². The molecule has 2 atom stereocenters. The molecule has 2 nitrogen and oxygen atoms in total. The van der Waals surface area contributed by atoms with Crippen LogP contribution < -0.4 is 5.32 Å². The normalized spacial score (nSPS) is 22.6. The maximum Gasteiger partial charge on any atom is 0.0512 e. The Kier molecular flexibility index (Phi) is 3.44. The van der Waals surface area contributed by atoms with Crippen molar-refractivity contribution in [1.29, 1.82) is 0 Å². The summed E-state index contributed by atoms with van der Waals surface area (Å²) < 4.78 is 5.72. The van der Waals surface area contributed by atoms with Gasteiger partial charge in [0.25, 0.3) is 0 Å². The standard InChI is InChI=1S/C19H23NO/c1-20-19(15-5-3-11-21-12-15)17-10-9-14-8-7-13-4-2-6-16(17)18(13)14/h2,4,6,9-10,15,19-20H,3,5,7-8,11-12H2,1H3. The van der Waals surface area contributed by atoms with Crippen LogP contribution >= 0.6 is 0 Å². The summed E-state index contributed by atoms with van der Waals surface area (Å²) >= 11 is 0. The summed E-state index contributed by atoms with van der Waals surface area (Å²) in [6.45, 7) is 1.81. The summed E-state index contributed by atoms with van der Waals surface area (Å²) in [5.74, 6) is 0.585. The number of ether oxygens (including phenoxy) is 1. The fraction of sp³-hybridized carbons (Fsp3) is 0.474. The van der Waals surface area contributed by atoms with Crippen LogP contribution in [0, 0.1) is 5.92 Å². The summed E-state index contributed by atoms with van der Waals surface area (Å²) in [6, 6.07) is 11.9. The van der Waals surface area contributed by atoms with E-state index in [1.165, 1.54) is 53.1 Å². The van der Waals surface area contributed by atoms with Gasteiger partial charge in [0.15, 0.2) is 0 Å². The van der Waals surface area contributed by atoms with Gasteiger partial charge in [-0.1, -0.05) is 30.3 Å². The lowest BCUT2D eigenvalue weighted by molar-refractivity contribution is 0.0404. The van der Waals surface area contributed by atoms with Crippen LogP contribution in [0.3, 0.4) is 0 Å². The molecular formula is C19H23NO. The van der Waals surface area contributed by atoms with E-state index in [4.69, 9.17) is 4.74 Å². The number of nitrogens with one attached hydrogen (secondary N) is 1. The number of rotatable bonds is 3. The highest BCUT2D eigenvalue weighted by atomic mass is 16.5. The van der Waals surface area contributed by atoms with Gasteiger partial charge < -0.3 is 10.1 Å². The Morgan fingerprint density at radius 3 is 2.76 bits per heavy atom. The van der Waals surface area contributed by atoms with Crippen molar-refractivity contribution in [3.8, 4) is 0 Å². The molecule has 21 heavy (non-hydrogen) atoms. The SMILES string of the molecule is CNC(c1ccc2c3c(cccc13)CC2)C1CCCOC1. The van der Waals surface area contributed by atoms with Gasteiger partial charge in [0.1, 0.15) is 0 Å². The van der Waals surface area contributed by atoms with Gasteiger partial charge in [-0.2, -0.15) is 0 Å². The Labute approximate surface area is 126 Å². The molecule has 0 amide bonds. The first kappa shape index (κ1) is 13.3. The first-order valence-electron chi connectivity index (χ1n) is 8.17. The molecule has 0 saturated carbocycles. The van der Waals surface area contributed by atoms with Gasteiger partial charge in [0, 0.05) is 18.6 Å². The molecule has 1 fully saturated rings. The van der Waals surface area contributed by atoms with Crippen LogP contribution in [0.5, 0.6) is 0 Å². The largest absolute Gasteiger partial charge is 0.381 e. The fourth-order valence-corrected chi connectivity index (χ4v) is 4.21. The van der Waals surface area contributed by atoms with E-state index in [1.807, 2.05) is 0 Å². The maximum atomic E-state index is 5.72. The van der Waals surface area contributed by atoms with Crippen molar-refractivity contribution in [2.45, 2.75) is 31.7 Å². The highest BCUT2D eigenvalue weighted by Crippen LogP contribution is 2.38. The summed E-state index contributed by atoms with van der Waals surface area (Å²) in [4.78, 5) is 0. The molecule has 1 saturated heterocycles. The van der Waals surface area contributed by atoms with Gasteiger partial charge in [0.05, 0.1) is 6.61 Å². The maximum absolute atomic E-state index is 5.72. The molecule has 1 aliphatic carbocycles. The molecular weight excluding hydrogens is 258 g/mol. The van der Waals surface area contributed by atoms with Crippen LogP contribution in [0.25, 0.3) is 10.8 Å². The van der Waals surface area contributed by atoms with Crippen LogP contribution in [0.15, 0.2) is 30.3 Å². The van der Waals surface area contributed by atoms with E-state index in [2.05, 4.69) is 42.7 Å². The number of aryl methyl sites for hydroxylation is 2. The molecule has 2 heteroatoms. The smallest absolute Gasteiger partial charge is 0.0512 e. The van der Waals surface area contributed by atoms with Gasteiger partial charge in [0.2, 0.25) is 0 Å². The van der Waals surface area contributed by atoms with Crippen molar-refractivity contribution in [2.75, 3.05) is 20.3 Å². The van der Waals surface area contributed by atoms with E-state index in [0.29, 0.717) is 12.0 Å². The van der Waals surface area contributed by atoms with Crippen LogP contribution in [-0.4, -0.2) is 20.3 Å². The predicted octanol–water partition coefficient (Wildman–Crippen LogP) is 3.63. The molecule has 2 unspecified atom stereocenters. The van der Waals surface area contributed by atoms with Gasteiger partial charge in [-0.3, -0.25) is 0 Å². The molecule has 0 radical (unpaired) electrons. The summed E-state index contributed by atoms with van der Waals surface area (Å²) in [5.41, 5.74) is 4.51. The molecule has 4 rings (SSSR count). The summed E-state index contributed by atoms with van der Waals surface area (Å²) in [5, 5.41) is 6.53. The summed E-state index contributed by atoms with van der Waals surface area (Å²) in [7, 11) is 2.09. The molecule has 1 aliphatic heterocycles. The number of benzene rings is 2. The zero-order valence-corrected chi connectivity index (χ0v) is 12.7. The van der Waals surface area contributed by atoms with E-state index >= 15 is 0 Å². The molecule has 2 aromatic rings. The van der Waals surface area contributed by atoms with Crippen LogP contribution in [-0.2, 0) is 17.6 Å². The Morgan fingerprint density at radius 2 is 2.00 bits per heavy atom. The molecule has 0 aromatic heterocycles. The molecule has 1 heterocycles. The average molecular weight is 281 g/mol. The van der Waals surface area contributed by atoms with Crippen LogP contribution in [0.2, 0.25) is 0 Å². The van der Waals surface area contributed by atoms with Gasteiger partial charge in [-0.05, 0) is 60.2 Å². The first-order valence-corrected chi connectivity index (χ1v) is 8.17. The second kappa shape index (κ2) is 5.43. The fourth-order valence-electron chi connectivity index (χ4n) is 4.21. The molecule has 2 aliphatic rings. The monoisotopic (exact) mass is 281 g/mol. The van der Waals surface area contributed by atoms with Crippen LogP contribution in [0.4, 0.5) is 0 Å². The van der Waals surface area contributed by atoms with Crippen molar-refractivity contribution in [3.05, 3.63) is 47.0 Å². The third-order valence-electron chi connectivity index (χ3n) is 5.22. The zero-order valence-electron chi connectivity index (χ0n) is 12.7. The Morgan fingerprint density at radius 1 is 1.14 bits per heavy atom. The van der Waals surface area contributed by atoms with Crippen molar-refractivity contribution in [3.63, 3.8) is 0 Å². The molecule has 110 valence electrons. The Balaban J connectivity index is 1.82. The quantitative estimate of drug-likeness (QED) is 0.927. The van der Waals surface area contributed by atoms with Crippen molar-refractivity contribution in [1.82, 2.24) is 5.32 Å². The van der Waals surface area contributed by atoms with E-state index in [-0.39, 0.29) is 0 Å². The van der Waals surface area contributed by atoms with Crippen LogP contribution in [0.1, 0.15) is 35.6 Å². The molecule has 1 N–H and O–H groups in total. The Hall–Kier alpha value is -1.38. The highest BCUT2D eigenvalue weighted by molar-refractivity contribution is 5.93. The minimum absolute atomic E-state index is 0.398. The van der Waals surface area contributed by atoms with E-state index in [9.17, 15) is 0 Å². The van der Waals surface area contributed by atoms with Crippen molar-refractivity contribution < 1.29 is 4.74 Å². The lowest BCUT2D eigenvalue weighted by atomic mass is 9.85. The van der Waals surface area contributed by atoms with E-state index in [1.54, 1.807) is 0 Å². The third kappa shape index (κ3) is 2.18. The van der Waals surface area contributed by atoms with E-state index in [0.717, 1.165) is 13.2 Å². The second-order valence-electron chi connectivity index (χ2n) is 6.40. The van der Waals surface area contributed by atoms with Crippen molar-refractivity contribution >= 4 is 10.8 Å². The summed E-state index contributed by atoms with van der Waals surface area (Å²) in [6.07, 6.45) is 4.85. The van der Waals surface area contributed by atoms with Gasteiger partial charge in [-0.25, -0.2) is 0 Å². The van der Waals surface area contributed by atoms with Gasteiger partial charge in [-0.15, -0.1) is 0 Å². The second-order valence-corrected chi connectivity index (χ2v) is 6.40. The van der Waals surface area contributed by atoms with E-state index < -0.39 is 0 Å². The highest BCUT2D eigenvalue weighted by Gasteiger charge is 2.27. The molecule has 2 aromatic carbocycles. The molecule has 0 spiro atoms. The Bertz CT molecular complexity index is 648. The average Bonchev–Trinajstić information content (AvgIpc) is 2.96. The molecule has 0 bridgehead atoms. The lowest BCUT2D eigenvalue weighted by Gasteiger charge is -2.31. The van der Waals surface area contributed by atoms with Gasteiger partial charge >= 0.3 is 0 Å². The third-order valence-corrected chi connectivity index (χ3v) is 5.22. The first-order chi connectivity index (χ1) is 10.4. The number of hydrogen-bond donors (Lipinski definition) is 1. The zero-order chi connectivity index (χ0) is 14.2. The predicted molar refractivity (Wildman–Crippen MR) is 86.7 cm³/mol. The minimum atomic E-state index is 0.398. The minimum Gasteiger partial charge on any atom is -0.381 e. The van der Waals surface area contributed by atoms with Crippen molar-refractivity contribution in [2.24, 2.45) is 5.92 Å². The number of hydrogen-bond acceptors (Lipinski definition) is 2. The lowest BCUT2D eigenvalue weighted by Crippen LogP contribution is -2.31.